The average Bonchev–Trinajstić information content (AvgIpc) is 1.87. The summed E-state index contributed by atoms with van der Waals surface area (Å²) in [7, 11) is 0. The number of hydrogen-bond acceptors (Lipinski definition) is 2. The SMILES string of the molecule is CC(C)(O)CN=[N+]=[N-].F.FF. The van der Waals surface area contributed by atoms with E-state index in [1.807, 2.05) is 0 Å². The minimum atomic E-state index is -0.869. The third-order valence-electron chi connectivity index (χ3n) is 0.521. The van der Waals surface area contributed by atoms with Crippen molar-refractivity contribution in [2.75, 3.05) is 6.54 Å². The Morgan fingerprint density at radius 1 is 1.55 bits per heavy atom. The van der Waals surface area contributed by atoms with Crippen molar-refractivity contribution in [3.05, 3.63) is 10.4 Å². The topological polar surface area (TPSA) is 69.0 Å². The highest BCUT2D eigenvalue weighted by Crippen LogP contribution is 1.99. The van der Waals surface area contributed by atoms with Crippen LogP contribution >= 0.6 is 0 Å². The van der Waals surface area contributed by atoms with E-state index in [4.69, 9.17) is 19.8 Å². The van der Waals surface area contributed by atoms with E-state index in [1.165, 1.54) is 0 Å². The molecule has 68 valence electrons. The molecule has 0 bridgehead atoms. The van der Waals surface area contributed by atoms with Crippen LogP contribution in [-0.4, -0.2) is 17.3 Å². The lowest BCUT2D eigenvalue weighted by Gasteiger charge is -2.11. The first kappa shape index (κ1) is 16.6. The van der Waals surface area contributed by atoms with Gasteiger partial charge in [-0.15, -0.1) is 0 Å². The van der Waals surface area contributed by atoms with Gasteiger partial charge in [0.1, 0.15) is 0 Å². The highest BCUT2D eigenvalue weighted by molar-refractivity contribution is 4.67. The number of azide groups is 1. The second-order valence-electron chi connectivity index (χ2n) is 2.20. The zero-order valence-corrected chi connectivity index (χ0v) is 6.16. The predicted octanol–water partition coefficient (Wildman–Crippen LogP) is 2.06. The number of nitrogens with zero attached hydrogens (tertiary/aromatic N) is 3. The molecule has 0 aliphatic heterocycles. The molecule has 0 aliphatic carbocycles. The van der Waals surface area contributed by atoms with Crippen LogP contribution in [0.25, 0.3) is 10.4 Å². The molecule has 0 aromatic rings. The van der Waals surface area contributed by atoms with Crippen molar-refractivity contribution in [3.8, 4) is 0 Å². The number of rotatable bonds is 2. The first-order valence-corrected chi connectivity index (χ1v) is 2.44. The standard InChI is InChI=1S/C4H9N3O.F2.FH/c1-4(2,8)3-6-7-5;1-2;/h8H,3H2,1-2H3;;1H. The fraction of sp³-hybridized carbons (Fsp3) is 1.00. The molecule has 0 aromatic heterocycles. The summed E-state index contributed by atoms with van der Waals surface area (Å²) in [5.41, 5.74) is 6.91. The summed E-state index contributed by atoms with van der Waals surface area (Å²) in [6.45, 7) is 3.30. The normalized spacial score (nSPS) is 8.09. The van der Waals surface area contributed by atoms with Crippen LogP contribution in [0.2, 0.25) is 0 Å². The van der Waals surface area contributed by atoms with Gasteiger partial charge in [-0.25, -0.2) is 0 Å². The molecule has 0 fully saturated rings. The highest BCUT2D eigenvalue weighted by Gasteiger charge is 2.08. The molecule has 1 N–H and O–H groups in total. The van der Waals surface area contributed by atoms with Crippen LogP contribution in [0.15, 0.2) is 5.11 Å². The Morgan fingerprint density at radius 2 is 1.91 bits per heavy atom. The quantitative estimate of drug-likeness (QED) is 0.387. The van der Waals surface area contributed by atoms with E-state index < -0.39 is 5.60 Å². The van der Waals surface area contributed by atoms with Gasteiger partial charge in [0.15, 0.2) is 0 Å². The first-order chi connectivity index (χ1) is 4.56. The van der Waals surface area contributed by atoms with E-state index >= 15 is 0 Å². The summed E-state index contributed by atoms with van der Waals surface area (Å²) in [5, 5.41) is 12.1. The zero-order valence-electron chi connectivity index (χ0n) is 6.16. The van der Waals surface area contributed by atoms with Crippen LogP contribution in [0, 0.1) is 0 Å². The molecule has 0 saturated heterocycles. The van der Waals surface area contributed by atoms with Gasteiger partial charge in [0.05, 0.1) is 12.1 Å². The summed E-state index contributed by atoms with van der Waals surface area (Å²) in [5.74, 6) is 0. The lowest BCUT2D eigenvalue weighted by molar-refractivity contribution is 0.0899. The monoisotopic (exact) mass is 173 g/mol. The van der Waals surface area contributed by atoms with Gasteiger partial charge >= 0.3 is 0 Å². The van der Waals surface area contributed by atoms with Gasteiger partial charge in [-0.1, -0.05) is 5.11 Å². The van der Waals surface area contributed by atoms with E-state index in [0.29, 0.717) is 0 Å². The van der Waals surface area contributed by atoms with E-state index in [9.17, 15) is 0 Å². The number of halogens is 3. The maximum Gasteiger partial charge on any atom is 0.0648 e. The Kier molecular flexibility index (Phi) is 13.6. The number of aliphatic hydroxyl groups is 1. The van der Waals surface area contributed by atoms with Gasteiger partial charge in [-0.2, -0.15) is 0 Å². The van der Waals surface area contributed by atoms with E-state index in [-0.39, 0.29) is 11.2 Å². The van der Waals surface area contributed by atoms with Gasteiger partial charge in [0, 0.05) is 14.1 Å². The van der Waals surface area contributed by atoms with Crippen molar-refractivity contribution < 1.29 is 19.0 Å². The number of hydrogen-bond donors (Lipinski definition) is 1. The van der Waals surface area contributed by atoms with Crippen LogP contribution < -0.4 is 0 Å². The minimum Gasteiger partial charge on any atom is -0.390 e. The molecule has 0 saturated carbocycles. The smallest absolute Gasteiger partial charge is 0.0648 e. The maximum absolute atomic E-state index is 8.88. The molecular formula is C4H10F3N3O. The summed E-state index contributed by atoms with van der Waals surface area (Å²) in [6.07, 6.45) is 0. The molecule has 0 spiro atoms. The molecule has 0 unspecified atom stereocenters. The Labute approximate surface area is 61.7 Å². The summed E-state index contributed by atoms with van der Waals surface area (Å²) in [6, 6.07) is 0. The van der Waals surface area contributed by atoms with Gasteiger partial charge in [-0.05, 0) is 19.4 Å². The van der Waals surface area contributed by atoms with Crippen LogP contribution in [-0.2, 0) is 0 Å². The Morgan fingerprint density at radius 3 is 2.00 bits per heavy atom. The average molecular weight is 173 g/mol. The highest BCUT2D eigenvalue weighted by atomic mass is 20.0. The van der Waals surface area contributed by atoms with Crippen LogP contribution in [0.3, 0.4) is 0 Å². The first-order valence-electron chi connectivity index (χ1n) is 2.44. The van der Waals surface area contributed by atoms with Crippen molar-refractivity contribution in [2.24, 2.45) is 5.11 Å². The second kappa shape index (κ2) is 9.06. The zero-order chi connectivity index (χ0) is 8.62. The van der Waals surface area contributed by atoms with Crippen molar-refractivity contribution >= 4 is 0 Å². The minimum absolute atomic E-state index is 0. The third kappa shape index (κ3) is 27.4. The summed E-state index contributed by atoms with van der Waals surface area (Å²) in [4.78, 5) is 2.49. The fourth-order valence-corrected chi connectivity index (χ4v) is 0.205. The molecule has 0 aromatic carbocycles. The van der Waals surface area contributed by atoms with Crippen molar-refractivity contribution in [2.45, 2.75) is 19.4 Å². The molecule has 0 amide bonds. The molecule has 0 aliphatic rings. The Hall–Kier alpha value is -0.940. The third-order valence-corrected chi connectivity index (χ3v) is 0.521. The van der Waals surface area contributed by atoms with Crippen molar-refractivity contribution in [3.63, 3.8) is 0 Å². The molecule has 7 heteroatoms. The lowest BCUT2D eigenvalue weighted by atomic mass is 10.1. The van der Waals surface area contributed by atoms with Gasteiger partial charge in [0.25, 0.3) is 0 Å². The van der Waals surface area contributed by atoms with Gasteiger partial charge in [-0.3, -0.25) is 4.70 Å². The predicted molar refractivity (Wildman–Crippen MR) is 35.0 cm³/mol. The van der Waals surface area contributed by atoms with E-state index in [0.717, 1.165) is 0 Å². The lowest BCUT2D eigenvalue weighted by Crippen LogP contribution is -2.21. The van der Waals surface area contributed by atoms with Gasteiger partial charge in [0.2, 0.25) is 0 Å². The molecule has 0 heterocycles. The Balaban J connectivity index is -0.000000196. The molecular weight excluding hydrogens is 163 g/mol. The molecule has 11 heavy (non-hydrogen) atoms. The van der Waals surface area contributed by atoms with Gasteiger partial charge < -0.3 is 5.11 Å². The fourth-order valence-electron chi connectivity index (χ4n) is 0.205. The maximum atomic E-state index is 8.88. The Bertz CT molecular complexity index is 118. The van der Waals surface area contributed by atoms with E-state index in [2.05, 4.69) is 10.0 Å². The van der Waals surface area contributed by atoms with Crippen molar-refractivity contribution in [1.29, 1.82) is 0 Å². The van der Waals surface area contributed by atoms with Crippen LogP contribution in [0.1, 0.15) is 13.8 Å². The van der Waals surface area contributed by atoms with E-state index in [1.54, 1.807) is 13.8 Å². The van der Waals surface area contributed by atoms with Crippen molar-refractivity contribution in [1.82, 2.24) is 0 Å². The summed E-state index contributed by atoms with van der Waals surface area (Å²) < 4.78 is 16.0. The van der Waals surface area contributed by atoms with Crippen LogP contribution in [0.4, 0.5) is 13.9 Å². The molecule has 0 atom stereocenters. The molecule has 0 radical (unpaired) electrons. The largest absolute Gasteiger partial charge is 0.390 e. The molecule has 4 nitrogen and oxygen atoms in total. The van der Waals surface area contributed by atoms with Crippen LogP contribution in [0.5, 0.6) is 0 Å². The summed E-state index contributed by atoms with van der Waals surface area (Å²) >= 11 is 0. The molecule has 0 rings (SSSR count). The second-order valence-corrected chi connectivity index (χ2v) is 2.20.